The smallest absolute Gasteiger partial charge is 0.258 e. The van der Waals surface area contributed by atoms with Crippen LogP contribution in [-0.4, -0.2) is 28.3 Å². The van der Waals surface area contributed by atoms with Crippen molar-refractivity contribution in [3.63, 3.8) is 0 Å². The second-order valence-electron chi connectivity index (χ2n) is 8.60. The lowest BCUT2D eigenvalue weighted by Crippen LogP contribution is -2.18. The van der Waals surface area contributed by atoms with Crippen molar-refractivity contribution in [2.75, 3.05) is 22.5 Å². The number of nitrogens with zero attached hydrogens (tertiary/aromatic N) is 2. The molecule has 7 nitrogen and oxygen atoms in total. The minimum absolute atomic E-state index is 0.00265. The summed E-state index contributed by atoms with van der Waals surface area (Å²) >= 11 is 0. The van der Waals surface area contributed by atoms with E-state index in [4.69, 9.17) is 0 Å². The van der Waals surface area contributed by atoms with Crippen molar-refractivity contribution in [2.45, 2.75) is 40.0 Å². The summed E-state index contributed by atoms with van der Waals surface area (Å²) in [6.07, 6.45) is 0. The second-order valence-corrected chi connectivity index (χ2v) is 8.60. The molecule has 3 aromatic rings. The molecular weight excluding hydrogens is 402 g/mol. The zero-order chi connectivity index (χ0) is 23.3. The molecule has 0 bridgehead atoms. The second kappa shape index (κ2) is 9.60. The van der Waals surface area contributed by atoms with Gasteiger partial charge in [0, 0.05) is 23.7 Å². The maximum absolute atomic E-state index is 12.7. The summed E-state index contributed by atoms with van der Waals surface area (Å²) in [5.41, 5.74) is 3.15. The molecule has 0 radical (unpaired) electrons. The van der Waals surface area contributed by atoms with Gasteiger partial charge in [-0.05, 0) is 49.1 Å². The molecule has 2 aromatic carbocycles. The van der Waals surface area contributed by atoms with Gasteiger partial charge in [0.2, 0.25) is 5.95 Å². The van der Waals surface area contributed by atoms with Crippen LogP contribution in [0.15, 0.2) is 54.6 Å². The molecule has 3 N–H and O–H groups in total. The molecule has 0 aliphatic rings. The van der Waals surface area contributed by atoms with Crippen LogP contribution in [0.25, 0.3) is 0 Å². The average molecular weight is 432 g/mol. The summed E-state index contributed by atoms with van der Waals surface area (Å²) in [7, 11) is 0. The van der Waals surface area contributed by atoms with E-state index in [9.17, 15) is 9.59 Å². The molecule has 0 spiro atoms. The van der Waals surface area contributed by atoms with Crippen LogP contribution in [0.3, 0.4) is 0 Å². The first kappa shape index (κ1) is 22.9. The SMILES string of the molecule is CCNc1cc(NC(=O)c2cccc(C)c2)nc(NC(=O)c2ccc(C(C)(C)C)cc2)n1. The lowest BCUT2D eigenvalue weighted by atomic mass is 9.87. The number of carbonyl (C=O) groups excluding carboxylic acids is 2. The summed E-state index contributed by atoms with van der Waals surface area (Å²) in [5.74, 6) is 0.286. The van der Waals surface area contributed by atoms with E-state index in [1.807, 2.05) is 38.1 Å². The number of amides is 2. The first-order valence-electron chi connectivity index (χ1n) is 10.6. The van der Waals surface area contributed by atoms with Gasteiger partial charge in [0.15, 0.2) is 0 Å². The maximum Gasteiger partial charge on any atom is 0.258 e. The first-order valence-corrected chi connectivity index (χ1v) is 10.6. The lowest BCUT2D eigenvalue weighted by molar-refractivity contribution is 0.101. The molecule has 0 unspecified atom stereocenters. The van der Waals surface area contributed by atoms with Gasteiger partial charge in [-0.2, -0.15) is 9.97 Å². The minimum Gasteiger partial charge on any atom is -0.370 e. The van der Waals surface area contributed by atoms with Gasteiger partial charge in [0.1, 0.15) is 11.6 Å². The van der Waals surface area contributed by atoms with E-state index in [2.05, 4.69) is 46.7 Å². The number of nitrogens with one attached hydrogen (secondary N) is 3. The van der Waals surface area contributed by atoms with E-state index >= 15 is 0 Å². The molecule has 0 fully saturated rings. The molecule has 2 amide bonds. The summed E-state index contributed by atoms with van der Waals surface area (Å²) in [5, 5.41) is 8.60. The molecule has 0 atom stereocenters. The Kier molecular flexibility index (Phi) is 6.88. The Hall–Kier alpha value is -3.74. The van der Waals surface area contributed by atoms with Crippen LogP contribution in [0.5, 0.6) is 0 Å². The quantitative estimate of drug-likeness (QED) is 0.509. The zero-order valence-corrected chi connectivity index (χ0v) is 19.1. The molecule has 32 heavy (non-hydrogen) atoms. The summed E-state index contributed by atoms with van der Waals surface area (Å²) in [4.78, 5) is 34.0. The highest BCUT2D eigenvalue weighted by Gasteiger charge is 2.16. The van der Waals surface area contributed by atoms with Crippen LogP contribution in [0.4, 0.5) is 17.6 Å². The Morgan fingerprint density at radius 3 is 2.12 bits per heavy atom. The van der Waals surface area contributed by atoms with Crippen molar-refractivity contribution >= 4 is 29.4 Å². The molecular formula is C25H29N5O2. The molecule has 0 saturated carbocycles. The molecule has 0 saturated heterocycles. The van der Waals surface area contributed by atoms with Gasteiger partial charge in [-0.15, -0.1) is 0 Å². The number of hydrogen-bond donors (Lipinski definition) is 3. The number of benzene rings is 2. The fraction of sp³-hybridized carbons (Fsp3) is 0.280. The Morgan fingerprint density at radius 1 is 0.844 bits per heavy atom. The maximum atomic E-state index is 12.7. The lowest BCUT2D eigenvalue weighted by Gasteiger charge is -2.19. The van der Waals surface area contributed by atoms with Crippen molar-refractivity contribution in [3.05, 3.63) is 76.9 Å². The van der Waals surface area contributed by atoms with Crippen LogP contribution < -0.4 is 16.0 Å². The van der Waals surface area contributed by atoms with Crippen LogP contribution in [0, 0.1) is 6.92 Å². The van der Waals surface area contributed by atoms with Gasteiger partial charge in [-0.3, -0.25) is 14.9 Å². The highest BCUT2D eigenvalue weighted by atomic mass is 16.2. The minimum atomic E-state index is -0.324. The highest BCUT2D eigenvalue weighted by Crippen LogP contribution is 2.22. The monoisotopic (exact) mass is 431 g/mol. The highest BCUT2D eigenvalue weighted by molar-refractivity contribution is 6.05. The number of rotatable bonds is 6. The van der Waals surface area contributed by atoms with Crippen LogP contribution in [-0.2, 0) is 5.41 Å². The van der Waals surface area contributed by atoms with E-state index in [1.165, 1.54) is 0 Å². The van der Waals surface area contributed by atoms with Gasteiger partial charge in [-0.1, -0.05) is 50.6 Å². The number of aromatic nitrogens is 2. The summed E-state index contributed by atoms with van der Waals surface area (Å²) < 4.78 is 0. The predicted molar refractivity (Wildman–Crippen MR) is 128 cm³/mol. The number of hydrogen-bond acceptors (Lipinski definition) is 5. The van der Waals surface area contributed by atoms with Crippen molar-refractivity contribution in [3.8, 4) is 0 Å². The van der Waals surface area contributed by atoms with Gasteiger partial charge in [0.25, 0.3) is 11.8 Å². The molecule has 7 heteroatoms. The van der Waals surface area contributed by atoms with E-state index in [1.54, 1.807) is 30.3 Å². The summed E-state index contributed by atoms with van der Waals surface area (Å²) in [6.45, 7) is 10.8. The third kappa shape index (κ3) is 5.91. The molecule has 166 valence electrons. The fourth-order valence-electron chi connectivity index (χ4n) is 3.11. The zero-order valence-electron chi connectivity index (χ0n) is 19.1. The van der Waals surface area contributed by atoms with Crippen molar-refractivity contribution in [2.24, 2.45) is 0 Å². The number of anilines is 3. The largest absolute Gasteiger partial charge is 0.370 e. The third-order valence-electron chi connectivity index (χ3n) is 4.84. The number of carbonyl (C=O) groups is 2. The Labute approximate surface area is 188 Å². The van der Waals surface area contributed by atoms with Gasteiger partial charge < -0.3 is 10.6 Å². The predicted octanol–water partition coefficient (Wildman–Crippen LogP) is 5.02. The Bertz CT molecular complexity index is 1120. The van der Waals surface area contributed by atoms with E-state index in [-0.39, 0.29) is 23.2 Å². The standard InChI is InChI=1S/C25H29N5O2/c1-6-26-20-15-21(27-23(32)18-9-7-8-16(2)14-18)29-24(28-20)30-22(31)17-10-12-19(13-11-17)25(3,4)5/h7-15H,6H2,1-5H3,(H3,26,27,28,29,30,31,32). The van der Waals surface area contributed by atoms with E-state index in [0.29, 0.717) is 29.3 Å². The van der Waals surface area contributed by atoms with Gasteiger partial charge in [-0.25, -0.2) is 0 Å². The van der Waals surface area contributed by atoms with Gasteiger partial charge >= 0.3 is 0 Å². The Morgan fingerprint density at radius 2 is 1.50 bits per heavy atom. The molecule has 0 aliphatic carbocycles. The Balaban J connectivity index is 1.80. The first-order chi connectivity index (χ1) is 15.2. The number of aryl methyl sites for hydroxylation is 1. The van der Waals surface area contributed by atoms with E-state index < -0.39 is 0 Å². The van der Waals surface area contributed by atoms with E-state index in [0.717, 1.165) is 11.1 Å². The molecule has 1 heterocycles. The summed E-state index contributed by atoms with van der Waals surface area (Å²) in [6, 6.07) is 16.4. The van der Waals surface area contributed by atoms with Crippen LogP contribution in [0.2, 0.25) is 0 Å². The van der Waals surface area contributed by atoms with Crippen molar-refractivity contribution < 1.29 is 9.59 Å². The molecule has 3 rings (SSSR count). The molecule has 1 aromatic heterocycles. The topological polar surface area (TPSA) is 96.0 Å². The van der Waals surface area contributed by atoms with Crippen molar-refractivity contribution in [1.29, 1.82) is 0 Å². The van der Waals surface area contributed by atoms with Crippen molar-refractivity contribution in [1.82, 2.24) is 9.97 Å². The molecule has 0 aliphatic heterocycles. The van der Waals surface area contributed by atoms with Gasteiger partial charge in [0.05, 0.1) is 0 Å². The third-order valence-corrected chi connectivity index (χ3v) is 4.84. The average Bonchev–Trinajstić information content (AvgIpc) is 2.73. The van der Waals surface area contributed by atoms with Crippen LogP contribution in [0.1, 0.15) is 59.5 Å². The van der Waals surface area contributed by atoms with Crippen LogP contribution >= 0.6 is 0 Å². The normalized spacial score (nSPS) is 11.0. The fourth-order valence-corrected chi connectivity index (χ4v) is 3.11.